The van der Waals surface area contributed by atoms with Crippen LogP contribution in [-0.2, 0) is 12.4 Å². The molecule has 27 heavy (non-hydrogen) atoms. The SMILES string of the molecule is Nc1nc(-c2ccc(C(F)(F)F)cc2)cc(-c2ccc(C(F)(F)F)cc2)n1. The largest absolute Gasteiger partial charge is 0.416 e. The van der Waals surface area contributed by atoms with E-state index < -0.39 is 23.5 Å². The van der Waals surface area contributed by atoms with Crippen LogP contribution in [0.4, 0.5) is 32.3 Å². The van der Waals surface area contributed by atoms with E-state index >= 15 is 0 Å². The molecule has 0 amide bonds. The Bertz CT molecular complexity index is 869. The molecule has 0 atom stereocenters. The van der Waals surface area contributed by atoms with Crippen molar-refractivity contribution in [1.82, 2.24) is 9.97 Å². The van der Waals surface area contributed by atoms with E-state index in [1.165, 1.54) is 30.3 Å². The predicted molar refractivity (Wildman–Crippen MR) is 87.3 cm³/mol. The van der Waals surface area contributed by atoms with Gasteiger partial charge in [0, 0.05) is 11.1 Å². The zero-order valence-corrected chi connectivity index (χ0v) is 13.4. The van der Waals surface area contributed by atoms with Crippen LogP contribution in [0.25, 0.3) is 22.5 Å². The van der Waals surface area contributed by atoms with E-state index in [0.29, 0.717) is 11.1 Å². The van der Waals surface area contributed by atoms with Crippen molar-refractivity contribution in [3.8, 4) is 22.5 Å². The molecule has 0 aliphatic heterocycles. The molecule has 1 aromatic heterocycles. The second-order valence-corrected chi connectivity index (χ2v) is 5.65. The van der Waals surface area contributed by atoms with Gasteiger partial charge in [-0.05, 0) is 30.3 Å². The van der Waals surface area contributed by atoms with Crippen LogP contribution < -0.4 is 5.73 Å². The summed E-state index contributed by atoms with van der Waals surface area (Å²) in [5.41, 5.74) is 5.28. The van der Waals surface area contributed by atoms with Crippen molar-refractivity contribution in [1.29, 1.82) is 0 Å². The minimum absolute atomic E-state index is 0.151. The lowest BCUT2D eigenvalue weighted by molar-refractivity contribution is -0.138. The van der Waals surface area contributed by atoms with Gasteiger partial charge >= 0.3 is 12.4 Å². The van der Waals surface area contributed by atoms with Crippen LogP contribution in [0.2, 0.25) is 0 Å². The third-order valence-electron chi connectivity index (χ3n) is 3.76. The molecule has 0 aliphatic rings. The Labute approximate surface area is 149 Å². The molecule has 0 bridgehead atoms. The second kappa shape index (κ2) is 6.57. The molecule has 0 unspecified atom stereocenters. The van der Waals surface area contributed by atoms with Crippen molar-refractivity contribution < 1.29 is 26.3 Å². The number of alkyl halides is 6. The Hall–Kier alpha value is -3.10. The molecule has 0 radical (unpaired) electrons. The van der Waals surface area contributed by atoms with E-state index in [4.69, 9.17) is 5.73 Å². The minimum Gasteiger partial charge on any atom is -0.368 e. The lowest BCUT2D eigenvalue weighted by Gasteiger charge is -2.10. The third kappa shape index (κ3) is 4.18. The monoisotopic (exact) mass is 383 g/mol. The Kier molecular flexibility index (Phi) is 4.54. The molecule has 3 rings (SSSR count). The van der Waals surface area contributed by atoms with Crippen molar-refractivity contribution in [2.24, 2.45) is 0 Å². The van der Waals surface area contributed by atoms with Gasteiger partial charge in [0.25, 0.3) is 0 Å². The second-order valence-electron chi connectivity index (χ2n) is 5.65. The summed E-state index contributed by atoms with van der Waals surface area (Å²) in [6.45, 7) is 0. The average molecular weight is 383 g/mol. The summed E-state index contributed by atoms with van der Waals surface area (Å²) < 4.78 is 76.0. The number of hydrogen-bond acceptors (Lipinski definition) is 3. The van der Waals surface area contributed by atoms with Gasteiger partial charge in [0.2, 0.25) is 5.95 Å². The molecule has 0 spiro atoms. The Morgan fingerprint density at radius 3 is 1.22 bits per heavy atom. The summed E-state index contributed by atoms with van der Waals surface area (Å²) >= 11 is 0. The molecule has 0 saturated carbocycles. The quantitative estimate of drug-likeness (QED) is 0.601. The van der Waals surface area contributed by atoms with Crippen LogP contribution in [0.5, 0.6) is 0 Å². The smallest absolute Gasteiger partial charge is 0.368 e. The number of rotatable bonds is 2. The van der Waals surface area contributed by atoms with Gasteiger partial charge in [0.05, 0.1) is 22.5 Å². The Morgan fingerprint density at radius 1 is 0.593 bits per heavy atom. The van der Waals surface area contributed by atoms with Crippen LogP contribution in [0.3, 0.4) is 0 Å². The zero-order valence-electron chi connectivity index (χ0n) is 13.4. The molecule has 0 aliphatic carbocycles. The molecular weight excluding hydrogens is 372 g/mol. The van der Waals surface area contributed by atoms with E-state index in [0.717, 1.165) is 24.3 Å². The summed E-state index contributed by atoms with van der Waals surface area (Å²) in [5.74, 6) is -0.151. The van der Waals surface area contributed by atoms with E-state index in [9.17, 15) is 26.3 Å². The Balaban J connectivity index is 1.97. The lowest BCUT2D eigenvalue weighted by atomic mass is 10.0. The number of halogens is 6. The van der Waals surface area contributed by atoms with Gasteiger partial charge in [0.1, 0.15) is 0 Å². The average Bonchev–Trinajstić information content (AvgIpc) is 2.60. The standard InChI is InChI=1S/C18H11F6N3/c19-17(20,21)12-5-1-10(2-6-12)14-9-15(27-16(25)26-14)11-3-7-13(8-4-11)18(22,23)24/h1-9H,(H2,25,26,27). The van der Waals surface area contributed by atoms with Gasteiger partial charge in [0.15, 0.2) is 0 Å². The predicted octanol–water partition coefficient (Wildman–Crippen LogP) is 5.43. The van der Waals surface area contributed by atoms with Gasteiger partial charge in [-0.1, -0.05) is 24.3 Å². The normalized spacial score (nSPS) is 12.2. The molecule has 2 aromatic carbocycles. The summed E-state index contributed by atoms with van der Waals surface area (Å²) in [6.07, 6.45) is -8.93. The molecule has 140 valence electrons. The number of nitrogens with zero attached hydrogens (tertiary/aromatic N) is 2. The van der Waals surface area contributed by atoms with E-state index in [2.05, 4.69) is 9.97 Å². The fraction of sp³-hybridized carbons (Fsp3) is 0.111. The van der Waals surface area contributed by atoms with E-state index in [-0.39, 0.29) is 17.3 Å². The highest BCUT2D eigenvalue weighted by Crippen LogP contribution is 2.33. The lowest BCUT2D eigenvalue weighted by Crippen LogP contribution is -2.05. The molecule has 9 heteroatoms. The fourth-order valence-electron chi connectivity index (χ4n) is 2.42. The van der Waals surface area contributed by atoms with Crippen LogP contribution in [0.1, 0.15) is 11.1 Å². The van der Waals surface area contributed by atoms with Crippen molar-refractivity contribution in [3.63, 3.8) is 0 Å². The third-order valence-corrected chi connectivity index (χ3v) is 3.76. The van der Waals surface area contributed by atoms with E-state index in [1.807, 2.05) is 0 Å². The number of nitrogen functional groups attached to an aromatic ring is 1. The van der Waals surface area contributed by atoms with Gasteiger partial charge in [-0.15, -0.1) is 0 Å². The highest BCUT2D eigenvalue weighted by Gasteiger charge is 2.31. The number of aromatic nitrogens is 2. The molecule has 1 heterocycles. The summed E-state index contributed by atoms with van der Waals surface area (Å²) in [6, 6.07) is 10.0. The number of nitrogens with two attached hydrogens (primary N) is 1. The molecule has 3 nitrogen and oxygen atoms in total. The maximum Gasteiger partial charge on any atom is 0.416 e. The molecule has 0 fully saturated rings. The first-order valence-corrected chi connectivity index (χ1v) is 7.54. The first-order valence-electron chi connectivity index (χ1n) is 7.54. The van der Waals surface area contributed by atoms with Crippen LogP contribution in [0.15, 0.2) is 54.6 Å². The molecule has 3 aromatic rings. The molecule has 2 N–H and O–H groups in total. The highest BCUT2D eigenvalue weighted by molar-refractivity contribution is 5.69. The zero-order chi connectivity index (χ0) is 19.8. The summed E-state index contributed by atoms with van der Waals surface area (Å²) in [4.78, 5) is 7.97. The van der Waals surface area contributed by atoms with E-state index in [1.54, 1.807) is 0 Å². The summed E-state index contributed by atoms with van der Waals surface area (Å²) in [5, 5.41) is 0. The maximum atomic E-state index is 12.7. The van der Waals surface area contributed by atoms with Crippen LogP contribution in [0, 0.1) is 0 Å². The number of anilines is 1. The van der Waals surface area contributed by atoms with Crippen molar-refractivity contribution in [2.75, 3.05) is 5.73 Å². The van der Waals surface area contributed by atoms with Crippen LogP contribution in [-0.4, -0.2) is 9.97 Å². The number of hydrogen-bond donors (Lipinski definition) is 1. The molecule has 0 saturated heterocycles. The highest BCUT2D eigenvalue weighted by atomic mass is 19.4. The molecular formula is C18H11F6N3. The van der Waals surface area contributed by atoms with Crippen molar-refractivity contribution in [3.05, 3.63) is 65.7 Å². The maximum absolute atomic E-state index is 12.7. The first-order chi connectivity index (χ1) is 12.5. The van der Waals surface area contributed by atoms with Gasteiger partial charge in [-0.3, -0.25) is 0 Å². The van der Waals surface area contributed by atoms with Crippen LogP contribution >= 0.6 is 0 Å². The van der Waals surface area contributed by atoms with Crippen molar-refractivity contribution in [2.45, 2.75) is 12.4 Å². The minimum atomic E-state index is -4.46. The number of benzene rings is 2. The van der Waals surface area contributed by atoms with Crippen molar-refractivity contribution >= 4 is 5.95 Å². The van der Waals surface area contributed by atoms with Gasteiger partial charge in [-0.2, -0.15) is 26.3 Å². The Morgan fingerprint density at radius 2 is 0.926 bits per heavy atom. The van der Waals surface area contributed by atoms with Gasteiger partial charge < -0.3 is 5.73 Å². The summed E-state index contributed by atoms with van der Waals surface area (Å²) in [7, 11) is 0. The topological polar surface area (TPSA) is 51.8 Å². The fourth-order valence-corrected chi connectivity index (χ4v) is 2.42. The van der Waals surface area contributed by atoms with Gasteiger partial charge in [-0.25, -0.2) is 9.97 Å². The first kappa shape index (κ1) is 18.7.